The molecular weight excluding hydrogens is 531 g/mol. The lowest BCUT2D eigenvalue weighted by Crippen LogP contribution is -2.41. The van der Waals surface area contributed by atoms with Crippen LogP contribution in [0.25, 0.3) is 10.9 Å². The predicted octanol–water partition coefficient (Wildman–Crippen LogP) is 7.73. The van der Waals surface area contributed by atoms with E-state index >= 15 is 4.39 Å². The SMILES string of the molecule is COc1ccc2nccc(C(F)CC[C@@H]3CCN(CCCSc4sccc4Cl)C[C@@H]3CCC(=O)O)c2c1. The van der Waals surface area contributed by atoms with Crippen LogP contribution in [0.5, 0.6) is 5.75 Å². The number of carboxylic acid groups (broad SMARTS) is 1. The number of methoxy groups -OCH3 is 1. The number of fused-ring (bicyclic) bond motifs is 1. The van der Waals surface area contributed by atoms with Crippen molar-refractivity contribution in [1.82, 2.24) is 9.88 Å². The molecule has 0 radical (unpaired) electrons. The van der Waals surface area contributed by atoms with E-state index in [2.05, 4.69) is 9.88 Å². The lowest BCUT2D eigenvalue weighted by atomic mass is 9.79. The lowest BCUT2D eigenvalue weighted by molar-refractivity contribution is -0.137. The molecule has 0 bridgehead atoms. The summed E-state index contributed by atoms with van der Waals surface area (Å²) in [6.45, 7) is 2.85. The Morgan fingerprint density at radius 2 is 2.19 bits per heavy atom. The second-order valence-electron chi connectivity index (χ2n) is 9.63. The number of aromatic nitrogens is 1. The highest BCUT2D eigenvalue weighted by Crippen LogP contribution is 2.37. The predicted molar refractivity (Wildman–Crippen MR) is 151 cm³/mol. The van der Waals surface area contributed by atoms with E-state index in [-0.39, 0.29) is 12.3 Å². The highest BCUT2D eigenvalue weighted by molar-refractivity contribution is 8.01. The van der Waals surface area contributed by atoms with Gasteiger partial charge in [-0.05, 0) is 98.3 Å². The van der Waals surface area contributed by atoms with Crippen molar-refractivity contribution in [1.29, 1.82) is 0 Å². The molecule has 0 spiro atoms. The average Bonchev–Trinajstić information content (AvgIpc) is 3.32. The van der Waals surface area contributed by atoms with Gasteiger partial charge in [-0.2, -0.15) is 0 Å². The molecule has 3 heterocycles. The van der Waals surface area contributed by atoms with Crippen LogP contribution < -0.4 is 4.74 Å². The highest BCUT2D eigenvalue weighted by atomic mass is 35.5. The first-order valence-electron chi connectivity index (χ1n) is 12.8. The average molecular weight is 565 g/mol. The van der Waals surface area contributed by atoms with Gasteiger partial charge >= 0.3 is 5.97 Å². The summed E-state index contributed by atoms with van der Waals surface area (Å²) in [6, 6.07) is 9.24. The molecule has 3 atom stereocenters. The van der Waals surface area contributed by atoms with Crippen LogP contribution in [0.3, 0.4) is 0 Å². The summed E-state index contributed by atoms with van der Waals surface area (Å²) in [5.74, 6) is 1.53. The number of likely N-dealkylation sites (tertiary alicyclic amines) is 1. The van der Waals surface area contributed by atoms with Crippen molar-refractivity contribution < 1.29 is 19.0 Å². The summed E-state index contributed by atoms with van der Waals surface area (Å²) < 4.78 is 22.0. The molecule has 1 aromatic carbocycles. The Morgan fingerprint density at radius 3 is 2.95 bits per heavy atom. The van der Waals surface area contributed by atoms with Gasteiger partial charge in [-0.3, -0.25) is 9.78 Å². The van der Waals surface area contributed by atoms with Gasteiger partial charge in [-0.1, -0.05) is 11.6 Å². The van der Waals surface area contributed by atoms with E-state index in [1.165, 1.54) is 4.21 Å². The van der Waals surface area contributed by atoms with Gasteiger partial charge in [-0.15, -0.1) is 23.1 Å². The number of carboxylic acids is 1. The zero-order valence-corrected chi connectivity index (χ0v) is 23.5. The Labute approximate surface area is 231 Å². The Balaban J connectivity index is 1.32. The Morgan fingerprint density at radius 1 is 1.32 bits per heavy atom. The van der Waals surface area contributed by atoms with E-state index in [1.54, 1.807) is 42.5 Å². The number of carbonyl (C=O) groups is 1. The topological polar surface area (TPSA) is 62.7 Å². The maximum absolute atomic E-state index is 15.5. The molecule has 1 saturated heterocycles. The first-order valence-corrected chi connectivity index (χ1v) is 15.1. The molecule has 37 heavy (non-hydrogen) atoms. The molecule has 200 valence electrons. The van der Waals surface area contributed by atoms with E-state index in [0.29, 0.717) is 30.1 Å². The number of nitrogens with zero attached hydrogens (tertiary/aromatic N) is 2. The van der Waals surface area contributed by atoms with Crippen LogP contribution >= 0.6 is 34.7 Å². The summed E-state index contributed by atoms with van der Waals surface area (Å²) in [6.07, 6.45) is 4.57. The first kappa shape index (κ1) is 28.1. The zero-order valence-electron chi connectivity index (χ0n) is 21.1. The highest BCUT2D eigenvalue weighted by Gasteiger charge is 2.30. The normalized spacial score (nSPS) is 19.2. The number of ether oxygens (including phenoxy) is 1. The molecule has 1 aliphatic heterocycles. The van der Waals surface area contributed by atoms with E-state index in [9.17, 15) is 9.90 Å². The minimum atomic E-state index is -1.10. The Hall–Kier alpha value is -1.87. The summed E-state index contributed by atoms with van der Waals surface area (Å²) >= 11 is 9.67. The summed E-state index contributed by atoms with van der Waals surface area (Å²) in [7, 11) is 1.60. The lowest BCUT2D eigenvalue weighted by Gasteiger charge is -2.39. The summed E-state index contributed by atoms with van der Waals surface area (Å²) in [5, 5.41) is 12.9. The quantitative estimate of drug-likeness (QED) is 0.169. The standard InChI is InChI=1S/C28H34ClFN2O3S2/c1-35-21-5-7-26-23(17-21)22(9-12-31-26)25(30)6-3-19-10-14-32(18-20(19)4-8-27(33)34)13-2-15-36-28-24(29)11-16-37-28/h5,7,9,11-12,16-17,19-20,25H,2-4,6,8,10,13-15,18H2,1H3,(H,33,34)/t19-,20+,25?/m1/s1. The van der Waals surface area contributed by atoms with Crippen LogP contribution in [-0.2, 0) is 4.79 Å². The molecule has 0 saturated carbocycles. The number of halogens is 2. The van der Waals surface area contributed by atoms with Crippen molar-refractivity contribution in [2.24, 2.45) is 11.8 Å². The Kier molecular flexibility index (Phi) is 10.5. The number of alkyl halides is 1. The molecule has 4 rings (SSSR count). The van der Waals surface area contributed by atoms with E-state index in [4.69, 9.17) is 16.3 Å². The first-order chi connectivity index (χ1) is 17.9. The minimum Gasteiger partial charge on any atom is -0.497 e. The van der Waals surface area contributed by atoms with Crippen molar-refractivity contribution in [2.75, 3.05) is 32.5 Å². The van der Waals surface area contributed by atoms with Gasteiger partial charge in [0.2, 0.25) is 0 Å². The zero-order chi connectivity index (χ0) is 26.2. The number of aliphatic carboxylic acids is 1. The monoisotopic (exact) mass is 564 g/mol. The number of piperidine rings is 1. The van der Waals surface area contributed by atoms with Crippen LogP contribution in [0.2, 0.25) is 5.02 Å². The van der Waals surface area contributed by atoms with E-state index in [0.717, 1.165) is 60.6 Å². The van der Waals surface area contributed by atoms with Crippen molar-refractivity contribution in [3.63, 3.8) is 0 Å². The second-order valence-corrected chi connectivity index (χ2v) is 12.3. The number of thioether (sulfide) groups is 1. The third-order valence-corrected chi connectivity index (χ3v) is 10.1. The molecule has 1 aliphatic rings. The van der Waals surface area contributed by atoms with Crippen molar-refractivity contribution in [2.45, 2.75) is 48.9 Å². The van der Waals surface area contributed by atoms with Gasteiger partial charge in [0.15, 0.2) is 0 Å². The molecular formula is C28H34ClFN2O3S2. The van der Waals surface area contributed by atoms with E-state index in [1.807, 2.05) is 29.6 Å². The van der Waals surface area contributed by atoms with Crippen LogP contribution in [0, 0.1) is 11.8 Å². The Bertz CT molecular complexity index is 1180. The molecule has 9 heteroatoms. The fourth-order valence-electron chi connectivity index (χ4n) is 5.27. The van der Waals surface area contributed by atoms with E-state index < -0.39 is 12.1 Å². The third kappa shape index (κ3) is 7.82. The molecule has 0 aliphatic carbocycles. The van der Waals surface area contributed by atoms with Gasteiger partial charge in [0, 0.05) is 30.3 Å². The molecule has 3 aromatic rings. The van der Waals surface area contributed by atoms with Gasteiger partial charge in [0.1, 0.15) is 11.9 Å². The largest absolute Gasteiger partial charge is 0.497 e. The number of pyridine rings is 1. The van der Waals surface area contributed by atoms with Gasteiger partial charge in [-0.25, -0.2) is 4.39 Å². The van der Waals surface area contributed by atoms with Crippen LogP contribution in [0.1, 0.15) is 50.3 Å². The molecule has 1 fully saturated rings. The molecule has 1 N–H and O–H groups in total. The number of benzene rings is 1. The number of rotatable bonds is 13. The summed E-state index contributed by atoms with van der Waals surface area (Å²) in [4.78, 5) is 18.1. The number of hydrogen-bond acceptors (Lipinski definition) is 6. The van der Waals surface area contributed by atoms with Crippen molar-refractivity contribution in [3.8, 4) is 5.75 Å². The molecule has 0 amide bonds. The number of thiophene rings is 1. The molecule has 1 unspecified atom stereocenters. The van der Waals surface area contributed by atoms with Crippen LogP contribution in [0.4, 0.5) is 4.39 Å². The van der Waals surface area contributed by atoms with Crippen LogP contribution in [-0.4, -0.2) is 53.5 Å². The van der Waals surface area contributed by atoms with Crippen molar-refractivity contribution >= 4 is 51.6 Å². The van der Waals surface area contributed by atoms with Gasteiger partial charge in [0.25, 0.3) is 0 Å². The van der Waals surface area contributed by atoms with Crippen LogP contribution in [0.15, 0.2) is 46.1 Å². The maximum atomic E-state index is 15.5. The summed E-state index contributed by atoms with van der Waals surface area (Å²) in [5.41, 5.74) is 1.40. The fraction of sp³-hybridized carbons (Fsp3) is 0.500. The molecule has 2 aromatic heterocycles. The smallest absolute Gasteiger partial charge is 0.303 e. The fourth-order valence-corrected chi connectivity index (χ4v) is 7.57. The van der Waals surface area contributed by atoms with Gasteiger partial charge < -0.3 is 14.7 Å². The van der Waals surface area contributed by atoms with Gasteiger partial charge in [0.05, 0.1) is 21.9 Å². The third-order valence-electron chi connectivity index (χ3n) is 7.25. The molecule has 5 nitrogen and oxygen atoms in total. The minimum absolute atomic E-state index is 0.162. The second kappa shape index (κ2) is 13.8. The maximum Gasteiger partial charge on any atom is 0.303 e. The number of hydrogen-bond donors (Lipinski definition) is 1. The van der Waals surface area contributed by atoms with Crippen molar-refractivity contribution in [3.05, 3.63) is 52.5 Å².